The zero-order valence-corrected chi connectivity index (χ0v) is 8.67. The quantitative estimate of drug-likeness (QED) is 0.775. The van der Waals surface area contributed by atoms with Crippen LogP contribution < -0.4 is 0 Å². The predicted octanol–water partition coefficient (Wildman–Crippen LogP) is 3.43. The van der Waals surface area contributed by atoms with Crippen LogP contribution in [-0.4, -0.2) is 9.97 Å². The Bertz CT molecular complexity index is 504. The second kappa shape index (κ2) is 4.53. The second-order valence-corrected chi connectivity index (χ2v) is 3.29. The van der Waals surface area contributed by atoms with Crippen molar-refractivity contribution < 1.29 is 2.74 Å². The number of pyridine rings is 2. The van der Waals surface area contributed by atoms with Crippen LogP contribution in [0.5, 0.6) is 0 Å². The van der Waals surface area contributed by atoms with E-state index in [1.165, 1.54) is 13.1 Å². The third-order valence-electron chi connectivity index (χ3n) is 2.22. The van der Waals surface area contributed by atoms with Crippen LogP contribution in [0.25, 0.3) is 23.5 Å². The van der Waals surface area contributed by atoms with Gasteiger partial charge in [0.2, 0.25) is 0 Å². The van der Waals surface area contributed by atoms with Gasteiger partial charge in [0.25, 0.3) is 0 Å². The summed E-state index contributed by atoms with van der Waals surface area (Å²) in [6.07, 6.45) is 6.76. The van der Waals surface area contributed by atoms with E-state index in [9.17, 15) is 0 Å². The number of aromatic nitrogens is 2. The van der Waals surface area contributed by atoms with Gasteiger partial charge in [-0.3, -0.25) is 9.97 Å². The SMILES string of the molecule is [2H]/C=C/c1ccc(-c2ccc(/C=C/[2H])cn2)nc1. The molecular formula is C14H12N2. The highest BCUT2D eigenvalue weighted by atomic mass is 14.8. The smallest absolute Gasteiger partial charge is 0.0886 e. The van der Waals surface area contributed by atoms with Crippen molar-refractivity contribution in [2.24, 2.45) is 0 Å². The standard InChI is InChI=1S/C14H12N2/c1-3-11-5-7-13(15-9-11)14-8-6-12(4-2)10-16-14/h3-10H,1-2H2/i1D,2D/b3-1+,4-2+. The van der Waals surface area contributed by atoms with E-state index in [1.54, 1.807) is 24.5 Å². The molecule has 0 unspecified atom stereocenters. The molecule has 0 saturated heterocycles. The summed E-state index contributed by atoms with van der Waals surface area (Å²) in [6.45, 7) is 2.47. The Balaban J connectivity index is 2.25. The van der Waals surface area contributed by atoms with Crippen molar-refractivity contribution in [2.75, 3.05) is 0 Å². The van der Waals surface area contributed by atoms with E-state index in [4.69, 9.17) is 2.74 Å². The lowest BCUT2D eigenvalue weighted by Gasteiger charge is -2.00. The molecule has 0 saturated carbocycles. The molecule has 2 heteroatoms. The van der Waals surface area contributed by atoms with Gasteiger partial charge in [0.1, 0.15) is 0 Å². The van der Waals surface area contributed by atoms with Gasteiger partial charge >= 0.3 is 0 Å². The van der Waals surface area contributed by atoms with E-state index in [-0.39, 0.29) is 0 Å². The van der Waals surface area contributed by atoms with Gasteiger partial charge in [0, 0.05) is 12.4 Å². The third kappa shape index (κ3) is 2.06. The molecule has 0 aromatic carbocycles. The maximum Gasteiger partial charge on any atom is 0.0886 e. The Labute approximate surface area is 97.8 Å². The molecule has 0 aliphatic carbocycles. The highest BCUT2D eigenvalue weighted by molar-refractivity contribution is 5.58. The average molecular weight is 210 g/mol. The molecule has 78 valence electrons. The molecule has 0 N–H and O–H groups in total. The average Bonchev–Trinajstić information content (AvgIpc) is 2.41. The molecule has 0 bridgehead atoms. The van der Waals surface area contributed by atoms with Crippen molar-refractivity contribution in [3.05, 3.63) is 60.9 Å². The number of rotatable bonds is 3. The minimum absolute atomic E-state index is 0.790. The maximum atomic E-state index is 6.98. The fourth-order valence-corrected chi connectivity index (χ4v) is 1.31. The van der Waals surface area contributed by atoms with Crippen molar-refractivity contribution in [1.82, 2.24) is 9.97 Å². The van der Waals surface area contributed by atoms with Crippen LogP contribution in [0.3, 0.4) is 0 Å². The van der Waals surface area contributed by atoms with Crippen LogP contribution in [0, 0.1) is 0 Å². The molecule has 0 amide bonds. The topological polar surface area (TPSA) is 25.8 Å². The maximum absolute atomic E-state index is 6.98. The number of hydrogen-bond acceptors (Lipinski definition) is 2. The van der Waals surface area contributed by atoms with Crippen molar-refractivity contribution in [1.29, 1.82) is 0 Å². The van der Waals surface area contributed by atoms with E-state index in [0.29, 0.717) is 0 Å². The summed E-state index contributed by atoms with van der Waals surface area (Å²) < 4.78 is 14.0. The fourth-order valence-electron chi connectivity index (χ4n) is 1.31. The molecule has 0 fully saturated rings. The zero-order valence-electron chi connectivity index (χ0n) is 10.7. The molecule has 0 atom stereocenters. The second-order valence-electron chi connectivity index (χ2n) is 3.29. The summed E-state index contributed by atoms with van der Waals surface area (Å²) in [6, 6.07) is 7.54. The molecule has 2 aromatic heterocycles. The summed E-state index contributed by atoms with van der Waals surface area (Å²) in [7, 11) is 0. The molecule has 2 nitrogen and oxygen atoms in total. The number of nitrogens with zero attached hydrogens (tertiary/aromatic N) is 2. The molecule has 0 aliphatic heterocycles. The Morgan fingerprint density at radius 3 is 1.69 bits per heavy atom. The Morgan fingerprint density at radius 2 is 1.38 bits per heavy atom. The molecule has 0 spiro atoms. The van der Waals surface area contributed by atoms with Gasteiger partial charge in [-0.2, -0.15) is 0 Å². The van der Waals surface area contributed by atoms with Crippen LogP contribution in [0.4, 0.5) is 0 Å². The van der Waals surface area contributed by atoms with Crippen molar-refractivity contribution >= 4 is 12.2 Å². The van der Waals surface area contributed by atoms with Crippen molar-refractivity contribution in [3.8, 4) is 11.4 Å². The Kier molecular flexibility index (Phi) is 2.26. The zero-order chi connectivity index (χ0) is 12.8. The fraction of sp³-hybridized carbons (Fsp3) is 0. The van der Waals surface area contributed by atoms with E-state index in [0.717, 1.165) is 22.5 Å². The van der Waals surface area contributed by atoms with Crippen molar-refractivity contribution in [2.45, 2.75) is 0 Å². The van der Waals surface area contributed by atoms with Gasteiger partial charge in [-0.05, 0) is 23.3 Å². The highest BCUT2D eigenvalue weighted by Gasteiger charge is 1.99. The van der Waals surface area contributed by atoms with E-state index < -0.39 is 0 Å². The minimum atomic E-state index is 0.790. The third-order valence-corrected chi connectivity index (χ3v) is 2.22. The van der Waals surface area contributed by atoms with Crippen LogP contribution in [0.15, 0.2) is 49.8 Å². The van der Waals surface area contributed by atoms with Crippen LogP contribution in [0.1, 0.15) is 13.9 Å². The minimum Gasteiger partial charge on any atom is -0.254 e. The van der Waals surface area contributed by atoms with Gasteiger partial charge in [-0.15, -0.1) is 0 Å². The largest absolute Gasteiger partial charge is 0.254 e. The Hall–Kier alpha value is -2.22. The first-order chi connectivity index (χ1) is 8.83. The van der Waals surface area contributed by atoms with E-state index in [2.05, 4.69) is 9.97 Å². The van der Waals surface area contributed by atoms with Crippen molar-refractivity contribution in [3.63, 3.8) is 0 Å². The monoisotopic (exact) mass is 210 g/mol. The van der Waals surface area contributed by atoms with Crippen LogP contribution >= 0.6 is 0 Å². The first kappa shape index (κ1) is 7.99. The van der Waals surface area contributed by atoms with Crippen LogP contribution in [-0.2, 0) is 0 Å². The van der Waals surface area contributed by atoms with Gasteiger partial charge in [0.05, 0.1) is 14.1 Å². The molecule has 16 heavy (non-hydrogen) atoms. The normalized spacial score (nSPS) is 13.0. The first-order valence-electron chi connectivity index (χ1n) is 6.01. The summed E-state index contributed by atoms with van der Waals surface area (Å²) in [5.74, 6) is 0. The van der Waals surface area contributed by atoms with Gasteiger partial charge in [-0.25, -0.2) is 0 Å². The summed E-state index contributed by atoms with van der Waals surface area (Å²) in [5.41, 5.74) is 3.36. The summed E-state index contributed by atoms with van der Waals surface area (Å²) >= 11 is 0. The predicted molar refractivity (Wildman–Crippen MR) is 67.7 cm³/mol. The molecular weight excluding hydrogens is 196 g/mol. The summed E-state index contributed by atoms with van der Waals surface area (Å²) in [5, 5.41) is 0. The lowest BCUT2D eigenvalue weighted by Crippen LogP contribution is -1.87. The highest BCUT2D eigenvalue weighted by Crippen LogP contribution is 2.15. The van der Waals surface area contributed by atoms with E-state index in [1.807, 2.05) is 24.3 Å². The lowest BCUT2D eigenvalue weighted by atomic mass is 10.2. The lowest BCUT2D eigenvalue weighted by molar-refractivity contribution is 1.24. The van der Waals surface area contributed by atoms with Gasteiger partial charge in [-0.1, -0.05) is 37.4 Å². The summed E-state index contributed by atoms with van der Waals surface area (Å²) in [4.78, 5) is 8.58. The molecule has 2 heterocycles. The van der Waals surface area contributed by atoms with E-state index >= 15 is 0 Å². The first-order valence-corrected chi connectivity index (χ1v) is 4.86. The van der Waals surface area contributed by atoms with Gasteiger partial charge < -0.3 is 0 Å². The molecule has 0 aliphatic rings. The number of hydrogen-bond donors (Lipinski definition) is 0. The molecule has 2 rings (SSSR count). The molecule has 0 radical (unpaired) electrons. The Morgan fingerprint density at radius 1 is 0.875 bits per heavy atom. The molecule has 2 aromatic rings. The van der Waals surface area contributed by atoms with Crippen LogP contribution in [0.2, 0.25) is 0 Å². The van der Waals surface area contributed by atoms with Gasteiger partial charge in [0.15, 0.2) is 0 Å².